The van der Waals surface area contributed by atoms with Gasteiger partial charge in [0.25, 0.3) is 5.92 Å². The zero-order valence-corrected chi connectivity index (χ0v) is 19.0. The molecule has 1 aromatic heterocycles. The Balaban J connectivity index is 1.71. The molecule has 0 spiro atoms. The van der Waals surface area contributed by atoms with Crippen molar-refractivity contribution in [3.63, 3.8) is 0 Å². The van der Waals surface area contributed by atoms with E-state index in [2.05, 4.69) is 10.3 Å². The van der Waals surface area contributed by atoms with Gasteiger partial charge in [0.2, 0.25) is 5.91 Å². The van der Waals surface area contributed by atoms with Crippen molar-refractivity contribution in [2.45, 2.75) is 56.1 Å². The van der Waals surface area contributed by atoms with Gasteiger partial charge in [0.05, 0.1) is 6.04 Å². The first-order valence-electron chi connectivity index (χ1n) is 10.9. The quantitative estimate of drug-likeness (QED) is 0.421. The summed E-state index contributed by atoms with van der Waals surface area (Å²) in [6.07, 6.45) is 2.34. The fraction of sp³-hybridized carbons (Fsp3) is 0.565. The van der Waals surface area contributed by atoms with E-state index in [0.29, 0.717) is 12.0 Å². The van der Waals surface area contributed by atoms with Crippen LogP contribution in [0.1, 0.15) is 49.9 Å². The summed E-state index contributed by atoms with van der Waals surface area (Å²) in [5, 5.41) is 2.70. The molecular formula is C23H27ClF5N3O. The highest BCUT2D eigenvalue weighted by Crippen LogP contribution is 2.34. The van der Waals surface area contributed by atoms with Crippen molar-refractivity contribution in [3.8, 4) is 0 Å². The Kier molecular flexibility index (Phi) is 8.16. The monoisotopic (exact) mass is 491 g/mol. The summed E-state index contributed by atoms with van der Waals surface area (Å²) in [6, 6.07) is 1.59. The Morgan fingerprint density at radius 2 is 2.00 bits per heavy atom. The lowest BCUT2D eigenvalue weighted by Gasteiger charge is -2.37. The van der Waals surface area contributed by atoms with Crippen LogP contribution in [0.2, 0.25) is 0 Å². The van der Waals surface area contributed by atoms with Crippen molar-refractivity contribution in [1.82, 2.24) is 15.2 Å². The topological polar surface area (TPSA) is 45.2 Å². The third-order valence-electron chi connectivity index (χ3n) is 6.22. The molecule has 1 aromatic rings. The molecule has 0 bridgehead atoms. The van der Waals surface area contributed by atoms with Gasteiger partial charge in [-0.1, -0.05) is 36.8 Å². The smallest absolute Gasteiger partial charge is 0.354 e. The number of allylic oxidation sites excluding steroid dienone is 3. The Hall–Kier alpha value is -2.00. The number of carbonyl (C=O) groups is 1. The molecule has 1 amide bonds. The summed E-state index contributed by atoms with van der Waals surface area (Å²) < 4.78 is 66.0. The number of alkyl halides is 6. The highest BCUT2D eigenvalue weighted by Gasteiger charge is 2.37. The molecule has 2 aliphatic rings. The number of aromatic nitrogens is 1. The maximum Gasteiger partial charge on any atom is 0.433 e. The number of pyridine rings is 1. The molecule has 0 aromatic carbocycles. The lowest BCUT2D eigenvalue weighted by Crippen LogP contribution is -2.45. The highest BCUT2D eigenvalue weighted by atomic mass is 35.5. The number of carbonyl (C=O) groups excluding carboxylic acids is 1. The summed E-state index contributed by atoms with van der Waals surface area (Å²) in [7, 11) is 0. The van der Waals surface area contributed by atoms with Gasteiger partial charge in [-0.25, -0.2) is 8.78 Å². The van der Waals surface area contributed by atoms with Crippen molar-refractivity contribution in [3.05, 3.63) is 53.4 Å². The molecule has 182 valence electrons. The number of hydrogen-bond acceptors (Lipinski definition) is 3. The van der Waals surface area contributed by atoms with E-state index in [4.69, 9.17) is 11.6 Å². The van der Waals surface area contributed by atoms with Crippen molar-refractivity contribution < 1.29 is 26.7 Å². The Morgan fingerprint density at radius 3 is 2.61 bits per heavy atom. The molecule has 33 heavy (non-hydrogen) atoms. The van der Waals surface area contributed by atoms with Crippen molar-refractivity contribution in [2.24, 2.45) is 5.92 Å². The van der Waals surface area contributed by atoms with Gasteiger partial charge in [-0.15, -0.1) is 11.6 Å². The molecule has 1 fully saturated rings. The summed E-state index contributed by atoms with van der Waals surface area (Å²) >= 11 is 6.35. The maximum absolute atomic E-state index is 13.6. The van der Waals surface area contributed by atoms with E-state index in [9.17, 15) is 26.7 Å². The fourth-order valence-electron chi connectivity index (χ4n) is 4.06. The summed E-state index contributed by atoms with van der Waals surface area (Å²) in [4.78, 5) is 17.9. The SMILES string of the molecule is CC1C(CC(=O)NCC(c2ccc(C(F)(F)F)nc2)N2CCC(F)(F)CC2)=CC=CCC1Cl. The van der Waals surface area contributed by atoms with Crippen molar-refractivity contribution >= 4 is 17.5 Å². The van der Waals surface area contributed by atoms with E-state index < -0.39 is 23.8 Å². The summed E-state index contributed by atoms with van der Waals surface area (Å²) in [5.74, 6) is -3.03. The molecule has 3 rings (SSSR count). The molecule has 4 nitrogen and oxygen atoms in total. The standard InChI is InChI=1S/C23H27ClF5N3O/c1-15-16(4-2-3-5-18(15)24)12-21(33)31-14-19(32-10-8-22(25,26)9-11-32)17-6-7-20(30-13-17)23(27,28)29/h2-4,6-7,13,15,18-19H,5,8-12,14H2,1H3,(H,31,33). The Bertz CT molecular complexity index is 875. The Labute approximate surface area is 194 Å². The number of hydrogen-bond donors (Lipinski definition) is 1. The van der Waals surface area contributed by atoms with Gasteiger partial charge < -0.3 is 5.32 Å². The number of likely N-dealkylation sites (tertiary alicyclic amines) is 1. The van der Waals surface area contributed by atoms with E-state index in [1.807, 2.05) is 25.2 Å². The fourth-order valence-corrected chi connectivity index (χ4v) is 4.32. The van der Waals surface area contributed by atoms with Crippen LogP contribution in [0.3, 0.4) is 0 Å². The first-order valence-corrected chi connectivity index (χ1v) is 11.3. The predicted octanol–water partition coefficient (Wildman–Crippen LogP) is 5.51. The van der Waals surface area contributed by atoms with E-state index in [-0.39, 0.29) is 56.1 Å². The van der Waals surface area contributed by atoms with Gasteiger partial charge in [0.15, 0.2) is 0 Å². The summed E-state index contributed by atoms with van der Waals surface area (Å²) in [5.41, 5.74) is 0.281. The first-order chi connectivity index (χ1) is 15.5. The second-order valence-corrected chi connectivity index (χ2v) is 9.13. The molecule has 1 saturated heterocycles. The van der Waals surface area contributed by atoms with Crippen LogP contribution in [0.5, 0.6) is 0 Å². The molecule has 10 heteroatoms. The van der Waals surface area contributed by atoms with Gasteiger partial charge in [-0.2, -0.15) is 13.2 Å². The van der Waals surface area contributed by atoms with Crippen LogP contribution in [-0.4, -0.2) is 46.7 Å². The second kappa shape index (κ2) is 10.5. The van der Waals surface area contributed by atoms with Gasteiger partial charge in [0, 0.05) is 50.5 Å². The van der Waals surface area contributed by atoms with Crippen molar-refractivity contribution in [1.29, 1.82) is 0 Å². The second-order valence-electron chi connectivity index (χ2n) is 8.57. The number of halogens is 6. The van der Waals surface area contributed by atoms with E-state index in [1.165, 1.54) is 6.07 Å². The number of rotatable bonds is 6. The molecule has 1 aliphatic heterocycles. The molecule has 1 aliphatic carbocycles. The van der Waals surface area contributed by atoms with Gasteiger partial charge in [-0.05, 0) is 24.0 Å². The van der Waals surface area contributed by atoms with Crippen LogP contribution in [0.4, 0.5) is 22.0 Å². The van der Waals surface area contributed by atoms with Crippen LogP contribution >= 0.6 is 11.6 Å². The van der Waals surface area contributed by atoms with E-state index in [0.717, 1.165) is 17.8 Å². The molecule has 0 radical (unpaired) electrons. The Morgan fingerprint density at radius 1 is 1.30 bits per heavy atom. The zero-order chi connectivity index (χ0) is 24.2. The number of nitrogens with one attached hydrogen (secondary N) is 1. The van der Waals surface area contributed by atoms with Crippen LogP contribution in [-0.2, 0) is 11.0 Å². The minimum Gasteiger partial charge on any atom is -0.354 e. The average molecular weight is 492 g/mol. The van der Waals surface area contributed by atoms with Gasteiger partial charge >= 0.3 is 6.18 Å². The van der Waals surface area contributed by atoms with E-state index in [1.54, 1.807) is 4.90 Å². The van der Waals surface area contributed by atoms with Crippen molar-refractivity contribution in [2.75, 3.05) is 19.6 Å². The molecule has 1 N–H and O–H groups in total. The zero-order valence-electron chi connectivity index (χ0n) is 18.2. The van der Waals surface area contributed by atoms with Gasteiger partial charge in [0.1, 0.15) is 5.69 Å². The van der Waals surface area contributed by atoms with Crippen LogP contribution in [0, 0.1) is 5.92 Å². The van der Waals surface area contributed by atoms with Crippen LogP contribution in [0.15, 0.2) is 42.1 Å². The number of nitrogens with zero attached hydrogens (tertiary/aromatic N) is 2. The lowest BCUT2D eigenvalue weighted by molar-refractivity contribution is -0.141. The lowest BCUT2D eigenvalue weighted by atomic mass is 9.94. The normalized spacial score (nSPS) is 24.6. The predicted molar refractivity (Wildman–Crippen MR) is 116 cm³/mol. The molecule has 0 saturated carbocycles. The minimum absolute atomic E-state index is 0.00616. The summed E-state index contributed by atoms with van der Waals surface area (Å²) in [6.45, 7) is 2.15. The van der Waals surface area contributed by atoms with Crippen LogP contribution in [0.25, 0.3) is 0 Å². The minimum atomic E-state index is -4.58. The average Bonchev–Trinajstić information content (AvgIpc) is 2.90. The maximum atomic E-state index is 13.6. The highest BCUT2D eigenvalue weighted by molar-refractivity contribution is 6.21. The molecule has 3 unspecified atom stereocenters. The molecule has 2 heterocycles. The number of piperidine rings is 1. The molecular weight excluding hydrogens is 465 g/mol. The third kappa shape index (κ3) is 6.99. The van der Waals surface area contributed by atoms with Crippen LogP contribution < -0.4 is 5.32 Å². The van der Waals surface area contributed by atoms with E-state index >= 15 is 0 Å². The first kappa shape index (κ1) is 25.6. The third-order valence-corrected chi connectivity index (χ3v) is 6.78. The van der Waals surface area contributed by atoms with Gasteiger partial charge in [-0.3, -0.25) is 14.7 Å². The number of amides is 1. The largest absolute Gasteiger partial charge is 0.433 e. The molecule has 3 atom stereocenters.